The summed E-state index contributed by atoms with van der Waals surface area (Å²) in [6.45, 7) is 0. The van der Waals surface area contributed by atoms with Gasteiger partial charge in [0.1, 0.15) is 18.0 Å². The fourth-order valence-electron chi connectivity index (χ4n) is 1.64. The molecule has 0 aliphatic carbocycles. The number of nitrogens with two attached hydrogens (primary N) is 2. The normalized spacial score (nSPS) is 10.2. The van der Waals surface area contributed by atoms with Crippen LogP contribution in [0, 0.1) is 11.2 Å². The standard InChI is InChI=1S/C12H12FN5O/c1-19-8-3-2-6(4-7(8)13)10(14)9-11(15)17-5-18-12(9)16/h2-5,14H,1H3,(H4,15,16,17,18). The van der Waals surface area contributed by atoms with E-state index >= 15 is 0 Å². The second-order valence-electron chi connectivity index (χ2n) is 3.74. The highest BCUT2D eigenvalue weighted by molar-refractivity contribution is 6.15. The SMILES string of the molecule is COc1ccc(C(=N)c2c(N)ncnc2N)cc1F. The van der Waals surface area contributed by atoms with Crippen LogP contribution in [0.2, 0.25) is 0 Å². The van der Waals surface area contributed by atoms with Crippen LogP contribution < -0.4 is 16.2 Å². The first-order valence-electron chi connectivity index (χ1n) is 5.33. The van der Waals surface area contributed by atoms with Crippen LogP contribution in [0.5, 0.6) is 5.75 Å². The average molecular weight is 261 g/mol. The molecule has 0 unspecified atom stereocenters. The Morgan fingerprint density at radius 3 is 2.42 bits per heavy atom. The predicted molar refractivity (Wildman–Crippen MR) is 69.7 cm³/mol. The second-order valence-corrected chi connectivity index (χ2v) is 3.74. The maximum Gasteiger partial charge on any atom is 0.165 e. The summed E-state index contributed by atoms with van der Waals surface area (Å²) in [5, 5.41) is 8.03. The molecule has 2 aromatic rings. The lowest BCUT2D eigenvalue weighted by Crippen LogP contribution is -2.12. The highest BCUT2D eigenvalue weighted by Gasteiger charge is 2.15. The molecule has 6 nitrogen and oxygen atoms in total. The topological polar surface area (TPSA) is 111 Å². The van der Waals surface area contributed by atoms with Gasteiger partial charge in [-0.15, -0.1) is 0 Å². The molecule has 1 aromatic carbocycles. The summed E-state index contributed by atoms with van der Waals surface area (Å²) >= 11 is 0. The summed E-state index contributed by atoms with van der Waals surface area (Å²) in [7, 11) is 1.37. The molecule has 0 bridgehead atoms. The molecular formula is C12H12FN5O. The van der Waals surface area contributed by atoms with E-state index in [4.69, 9.17) is 21.6 Å². The highest BCUT2D eigenvalue weighted by atomic mass is 19.1. The fourth-order valence-corrected chi connectivity index (χ4v) is 1.64. The Morgan fingerprint density at radius 1 is 1.26 bits per heavy atom. The van der Waals surface area contributed by atoms with Crippen LogP contribution in [0.1, 0.15) is 11.1 Å². The van der Waals surface area contributed by atoms with Crippen LogP contribution in [0.15, 0.2) is 24.5 Å². The number of rotatable bonds is 3. The Labute approximate surface area is 108 Å². The minimum Gasteiger partial charge on any atom is -0.494 e. The lowest BCUT2D eigenvalue weighted by atomic mass is 10.0. The van der Waals surface area contributed by atoms with Crippen LogP contribution in [-0.2, 0) is 0 Å². The van der Waals surface area contributed by atoms with E-state index in [9.17, 15) is 4.39 Å². The molecule has 0 fully saturated rings. The number of hydrogen-bond acceptors (Lipinski definition) is 6. The molecule has 1 aromatic heterocycles. The van der Waals surface area contributed by atoms with Crippen LogP contribution in [-0.4, -0.2) is 22.8 Å². The van der Waals surface area contributed by atoms with Gasteiger partial charge in [-0.3, -0.25) is 5.41 Å². The Kier molecular flexibility index (Phi) is 3.28. The molecule has 5 N–H and O–H groups in total. The minimum atomic E-state index is -0.571. The molecule has 19 heavy (non-hydrogen) atoms. The average Bonchev–Trinajstić information content (AvgIpc) is 2.38. The predicted octanol–water partition coefficient (Wildman–Crippen LogP) is 1.20. The summed E-state index contributed by atoms with van der Waals surface area (Å²) in [6, 6.07) is 4.14. The summed E-state index contributed by atoms with van der Waals surface area (Å²) < 4.78 is 18.4. The number of methoxy groups -OCH3 is 1. The number of hydrogen-bond donors (Lipinski definition) is 3. The van der Waals surface area contributed by atoms with Crippen molar-refractivity contribution in [2.75, 3.05) is 18.6 Å². The number of aromatic nitrogens is 2. The van der Waals surface area contributed by atoms with E-state index in [1.165, 1.54) is 31.6 Å². The molecule has 0 amide bonds. The van der Waals surface area contributed by atoms with E-state index in [1.54, 1.807) is 0 Å². The number of ether oxygens (including phenoxy) is 1. The fraction of sp³-hybridized carbons (Fsp3) is 0.0833. The maximum absolute atomic E-state index is 13.6. The first kappa shape index (κ1) is 12.7. The van der Waals surface area contributed by atoms with Crippen molar-refractivity contribution >= 4 is 17.3 Å². The van der Waals surface area contributed by atoms with Crippen molar-refractivity contribution in [1.82, 2.24) is 9.97 Å². The van der Waals surface area contributed by atoms with Crippen molar-refractivity contribution in [2.45, 2.75) is 0 Å². The minimum absolute atomic E-state index is 0.0443. The van der Waals surface area contributed by atoms with Gasteiger partial charge in [-0.1, -0.05) is 0 Å². The van der Waals surface area contributed by atoms with E-state index in [2.05, 4.69) is 9.97 Å². The molecule has 7 heteroatoms. The molecular weight excluding hydrogens is 249 g/mol. The molecule has 0 atom stereocenters. The summed E-state index contributed by atoms with van der Waals surface area (Å²) in [5.41, 5.74) is 11.8. The number of benzene rings is 1. The monoisotopic (exact) mass is 261 g/mol. The number of halogens is 1. The largest absolute Gasteiger partial charge is 0.494 e. The zero-order chi connectivity index (χ0) is 14.0. The highest BCUT2D eigenvalue weighted by Crippen LogP contribution is 2.23. The summed E-state index contributed by atoms with van der Waals surface area (Å²) in [5.74, 6) is -0.317. The molecule has 0 spiro atoms. The number of nitrogen functional groups attached to an aromatic ring is 2. The molecule has 1 heterocycles. The number of nitrogens with zero attached hydrogens (tertiary/aromatic N) is 2. The lowest BCUT2D eigenvalue weighted by molar-refractivity contribution is 0.386. The Morgan fingerprint density at radius 2 is 1.89 bits per heavy atom. The lowest BCUT2D eigenvalue weighted by Gasteiger charge is -2.10. The third-order valence-electron chi connectivity index (χ3n) is 2.60. The smallest absolute Gasteiger partial charge is 0.165 e. The molecule has 0 aliphatic rings. The second kappa shape index (κ2) is 4.89. The molecule has 2 rings (SSSR count). The van der Waals surface area contributed by atoms with Gasteiger partial charge >= 0.3 is 0 Å². The van der Waals surface area contributed by atoms with Crippen molar-refractivity contribution < 1.29 is 9.13 Å². The van der Waals surface area contributed by atoms with Gasteiger partial charge in [0, 0.05) is 5.56 Å². The van der Waals surface area contributed by atoms with E-state index in [0.29, 0.717) is 5.56 Å². The van der Waals surface area contributed by atoms with Crippen LogP contribution in [0.3, 0.4) is 0 Å². The number of anilines is 2. The van der Waals surface area contributed by atoms with Crippen molar-refractivity contribution in [1.29, 1.82) is 5.41 Å². The molecule has 98 valence electrons. The van der Waals surface area contributed by atoms with Gasteiger partial charge in [0.05, 0.1) is 18.4 Å². The van der Waals surface area contributed by atoms with Gasteiger partial charge in [0.15, 0.2) is 11.6 Å². The van der Waals surface area contributed by atoms with Crippen molar-refractivity contribution in [3.05, 3.63) is 41.5 Å². The van der Waals surface area contributed by atoms with Crippen molar-refractivity contribution in [3.8, 4) is 5.75 Å². The number of nitrogens with one attached hydrogen (secondary N) is 1. The Bertz CT molecular complexity index is 624. The molecule has 0 saturated carbocycles. The van der Waals surface area contributed by atoms with Gasteiger partial charge in [-0.25, -0.2) is 14.4 Å². The van der Waals surface area contributed by atoms with Crippen LogP contribution in [0.4, 0.5) is 16.0 Å². The maximum atomic E-state index is 13.6. The van der Waals surface area contributed by atoms with Crippen LogP contribution >= 0.6 is 0 Å². The van der Waals surface area contributed by atoms with Crippen molar-refractivity contribution in [2.24, 2.45) is 0 Å². The van der Waals surface area contributed by atoms with E-state index in [-0.39, 0.29) is 28.7 Å². The molecule has 0 radical (unpaired) electrons. The van der Waals surface area contributed by atoms with E-state index in [0.717, 1.165) is 0 Å². The van der Waals surface area contributed by atoms with E-state index < -0.39 is 5.82 Å². The zero-order valence-corrected chi connectivity index (χ0v) is 10.1. The first-order chi connectivity index (χ1) is 9.04. The Balaban J connectivity index is 2.48. The molecule has 0 saturated heterocycles. The van der Waals surface area contributed by atoms with Gasteiger partial charge < -0.3 is 16.2 Å². The Hall–Kier alpha value is -2.70. The third kappa shape index (κ3) is 2.30. The summed E-state index contributed by atoms with van der Waals surface area (Å²) in [6.07, 6.45) is 1.20. The van der Waals surface area contributed by atoms with E-state index in [1.807, 2.05) is 0 Å². The zero-order valence-electron chi connectivity index (χ0n) is 10.1. The van der Waals surface area contributed by atoms with Gasteiger partial charge in [0.25, 0.3) is 0 Å². The summed E-state index contributed by atoms with van der Waals surface area (Å²) in [4.78, 5) is 7.54. The van der Waals surface area contributed by atoms with Gasteiger partial charge in [-0.05, 0) is 18.2 Å². The van der Waals surface area contributed by atoms with Gasteiger partial charge in [0.2, 0.25) is 0 Å². The van der Waals surface area contributed by atoms with Gasteiger partial charge in [-0.2, -0.15) is 0 Å². The third-order valence-corrected chi connectivity index (χ3v) is 2.60. The first-order valence-corrected chi connectivity index (χ1v) is 5.33. The van der Waals surface area contributed by atoms with Crippen LogP contribution in [0.25, 0.3) is 0 Å². The van der Waals surface area contributed by atoms with Crippen molar-refractivity contribution in [3.63, 3.8) is 0 Å². The molecule has 0 aliphatic heterocycles. The quantitative estimate of drug-likeness (QED) is 0.719.